The van der Waals surface area contributed by atoms with Gasteiger partial charge in [-0.3, -0.25) is 4.84 Å². The normalized spacial score (nSPS) is 27.3. The Labute approximate surface area is 217 Å². The van der Waals surface area contributed by atoms with E-state index < -0.39 is 0 Å². The van der Waals surface area contributed by atoms with Crippen LogP contribution in [-0.2, 0) is 11.3 Å². The van der Waals surface area contributed by atoms with Crippen molar-refractivity contribution in [1.29, 1.82) is 0 Å². The lowest BCUT2D eigenvalue weighted by Crippen LogP contribution is -2.41. The summed E-state index contributed by atoms with van der Waals surface area (Å²) < 4.78 is 0. The van der Waals surface area contributed by atoms with Crippen LogP contribution in [0, 0.1) is 11.8 Å². The van der Waals surface area contributed by atoms with Gasteiger partial charge in [0.1, 0.15) is 6.10 Å². The minimum atomic E-state index is 0.200. The Morgan fingerprint density at radius 2 is 1.39 bits per heavy atom. The maximum Gasteiger partial charge on any atom is 0.106 e. The second-order valence-corrected chi connectivity index (χ2v) is 11.2. The van der Waals surface area contributed by atoms with Crippen LogP contribution in [0.25, 0.3) is 0 Å². The highest BCUT2D eigenvalue weighted by Crippen LogP contribution is 2.47. The van der Waals surface area contributed by atoms with Crippen LogP contribution in [0.4, 0.5) is 0 Å². The summed E-state index contributed by atoms with van der Waals surface area (Å²) in [5.74, 6) is 2.07. The van der Waals surface area contributed by atoms with E-state index in [0.717, 1.165) is 18.9 Å². The number of piperidine rings is 1. The maximum atomic E-state index is 6.56. The van der Waals surface area contributed by atoms with Gasteiger partial charge in [-0.05, 0) is 73.7 Å². The lowest BCUT2D eigenvalue weighted by Gasteiger charge is -2.36. The molecule has 0 bridgehead atoms. The number of likely N-dealkylation sites (tertiary alicyclic amines) is 1. The molecule has 6 rings (SSSR count). The fourth-order valence-electron chi connectivity index (χ4n) is 6.95. The van der Waals surface area contributed by atoms with Crippen molar-refractivity contribution < 1.29 is 4.84 Å². The van der Waals surface area contributed by atoms with E-state index in [1.807, 2.05) is 0 Å². The van der Waals surface area contributed by atoms with Gasteiger partial charge in [-0.2, -0.15) is 5.06 Å². The second-order valence-electron chi connectivity index (χ2n) is 11.2. The van der Waals surface area contributed by atoms with E-state index in [2.05, 4.69) is 101 Å². The van der Waals surface area contributed by atoms with E-state index >= 15 is 0 Å². The van der Waals surface area contributed by atoms with Crippen LogP contribution in [0.3, 0.4) is 0 Å². The number of nitrogens with zero attached hydrogens (tertiary/aromatic N) is 2. The van der Waals surface area contributed by atoms with Gasteiger partial charge in [0.05, 0.1) is 0 Å². The first-order valence-corrected chi connectivity index (χ1v) is 14.1. The smallest absolute Gasteiger partial charge is 0.106 e. The number of hydroxylamine groups is 2. The van der Waals surface area contributed by atoms with Crippen LogP contribution in [0.5, 0.6) is 0 Å². The van der Waals surface area contributed by atoms with Gasteiger partial charge in [0, 0.05) is 25.0 Å². The Bertz CT molecular complexity index is 1060. The molecule has 3 aromatic carbocycles. The summed E-state index contributed by atoms with van der Waals surface area (Å²) in [6, 6.07) is 33.5. The second kappa shape index (κ2) is 11.3. The molecule has 3 heteroatoms. The van der Waals surface area contributed by atoms with Crippen LogP contribution < -0.4 is 0 Å². The number of hydrogen-bond acceptors (Lipinski definition) is 3. The van der Waals surface area contributed by atoms with Crippen LogP contribution in [0.2, 0.25) is 0 Å². The monoisotopic (exact) mass is 480 g/mol. The van der Waals surface area contributed by atoms with Gasteiger partial charge in [-0.25, -0.2) is 0 Å². The van der Waals surface area contributed by atoms with E-state index in [-0.39, 0.29) is 6.10 Å². The molecule has 0 aliphatic carbocycles. The zero-order valence-electron chi connectivity index (χ0n) is 21.4. The van der Waals surface area contributed by atoms with E-state index in [4.69, 9.17) is 4.84 Å². The van der Waals surface area contributed by atoms with Gasteiger partial charge in [-0.15, -0.1) is 0 Å². The molecule has 4 atom stereocenters. The standard InChI is InChI=1S/C33H40N2O/c1-4-11-26(12-5-1)13-10-14-27-19-21-34(22-20-27)24-31-30(28-15-6-2-7-16-28)25-35-32(31)23-33(36-35)29-17-8-3-9-18-29/h1-9,11-12,15-18,27,30-33H,10,13-14,19-25H2/t30-,31?,32+,33+/m1/s1. The molecule has 0 N–H and O–H groups in total. The van der Waals surface area contributed by atoms with Crippen LogP contribution in [0.15, 0.2) is 91.0 Å². The zero-order valence-corrected chi connectivity index (χ0v) is 21.4. The predicted octanol–water partition coefficient (Wildman–Crippen LogP) is 6.88. The highest BCUT2D eigenvalue weighted by Gasteiger charge is 2.49. The average Bonchev–Trinajstić information content (AvgIpc) is 3.51. The summed E-state index contributed by atoms with van der Waals surface area (Å²) in [6.07, 6.45) is 7.94. The van der Waals surface area contributed by atoms with Crippen molar-refractivity contribution in [3.8, 4) is 0 Å². The van der Waals surface area contributed by atoms with E-state index in [1.165, 1.54) is 68.4 Å². The Hall–Kier alpha value is -2.46. The fourth-order valence-corrected chi connectivity index (χ4v) is 6.95. The number of fused-ring (bicyclic) bond motifs is 1. The predicted molar refractivity (Wildman–Crippen MR) is 147 cm³/mol. The molecule has 188 valence electrons. The minimum absolute atomic E-state index is 0.200. The molecular formula is C33H40N2O. The molecule has 3 aromatic rings. The quantitative estimate of drug-likeness (QED) is 0.349. The van der Waals surface area contributed by atoms with Crippen molar-refractivity contribution in [2.45, 2.75) is 56.6 Å². The van der Waals surface area contributed by atoms with Gasteiger partial charge in [0.25, 0.3) is 0 Å². The van der Waals surface area contributed by atoms with E-state index in [0.29, 0.717) is 17.9 Å². The summed E-state index contributed by atoms with van der Waals surface area (Å²) in [5.41, 5.74) is 4.28. The van der Waals surface area contributed by atoms with Crippen LogP contribution in [0.1, 0.15) is 60.8 Å². The average molecular weight is 481 g/mol. The van der Waals surface area contributed by atoms with Gasteiger partial charge >= 0.3 is 0 Å². The molecule has 0 aromatic heterocycles. The van der Waals surface area contributed by atoms with Crippen molar-refractivity contribution in [2.75, 3.05) is 26.2 Å². The number of benzene rings is 3. The summed E-state index contributed by atoms with van der Waals surface area (Å²) in [6.45, 7) is 4.72. The Kier molecular flexibility index (Phi) is 7.50. The Morgan fingerprint density at radius 1 is 0.750 bits per heavy atom. The van der Waals surface area contributed by atoms with Crippen LogP contribution >= 0.6 is 0 Å². The molecule has 3 saturated heterocycles. The third-order valence-corrected chi connectivity index (χ3v) is 8.97. The molecule has 36 heavy (non-hydrogen) atoms. The first-order valence-electron chi connectivity index (χ1n) is 14.1. The van der Waals surface area contributed by atoms with Crippen molar-refractivity contribution in [2.24, 2.45) is 11.8 Å². The maximum absolute atomic E-state index is 6.56. The zero-order chi connectivity index (χ0) is 24.2. The molecule has 3 aliphatic rings. The van der Waals surface area contributed by atoms with Gasteiger partial charge < -0.3 is 4.90 Å². The van der Waals surface area contributed by atoms with E-state index in [1.54, 1.807) is 0 Å². The lowest BCUT2D eigenvalue weighted by atomic mass is 9.82. The summed E-state index contributed by atoms with van der Waals surface area (Å²) in [4.78, 5) is 9.33. The fraction of sp³-hybridized carbons (Fsp3) is 0.455. The number of hydrogen-bond donors (Lipinski definition) is 0. The van der Waals surface area contributed by atoms with Crippen molar-refractivity contribution >= 4 is 0 Å². The van der Waals surface area contributed by atoms with E-state index in [9.17, 15) is 0 Å². The highest BCUT2D eigenvalue weighted by atomic mass is 16.7. The third-order valence-electron chi connectivity index (χ3n) is 8.97. The summed E-state index contributed by atoms with van der Waals surface area (Å²) >= 11 is 0. The summed E-state index contributed by atoms with van der Waals surface area (Å²) in [5, 5.41) is 2.34. The molecule has 1 unspecified atom stereocenters. The molecule has 3 fully saturated rings. The molecule has 0 radical (unpaired) electrons. The number of aryl methyl sites for hydroxylation is 1. The molecule has 0 saturated carbocycles. The number of rotatable bonds is 8. The van der Waals surface area contributed by atoms with Crippen molar-refractivity contribution in [3.05, 3.63) is 108 Å². The van der Waals surface area contributed by atoms with Gasteiger partial charge in [0.2, 0.25) is 0 Å². The molecule has 3 heterocycles. The molecule has 3 nitrogen and oxygen atoms in total. The third kappa shape index (κ3) is 5.44. The highest BCUT2D eigenvalue weighted by molar-refractivity contribution is 5.25. The molecule has 0 amide bonds. The first kappa shape index (κ1) is 23.9. The minimum Gasteiger partial charge on any atom is -0.303 e. The topological polar surface area (TPSA) is 15.7 Å². The Balaban J connectivity index is 1.07. The summed E-state index contributed by atoms with van der Waals surface area (Å²) in [7, 11) is 0. The molecule has 3 aliphatic heterocycles. The van der Waals surface area contributed by atoms with Crippen molar-refractivity contribution in [3.63, 3.8) is 0 Å². The molecular weight excluding hydrogens is 440 g/mol. The van der Waals surface area contributed by atoms with Crippen LogP contribution in [-0.4, -0.2) is 42.2 Å². The van der Waals surface area contributed by atoms with Gasteiger partial charge in [-0.1, -0.05) is 97.4 Å². The van der Waals surface area contributed by atoms with Gasteiger partial charge in [0.15, 0.2) is 0 Å². The lowest BCUT2D eigenvalue weighted by molar-refractivity contribution is -0.152. The largest absolute Gasteiger partial charge is 0.303 e. The Morgan fingerprint density at radius 3 is 2.08 bits per heavy atom. The van der Waals surface area contributed by atoms with Crippen molar-refractivity contribution in [1.82, 2.24) is 9.96 Å². The SMILES string of the molecule is c1ccc(CCCC2CCN(CC3[C@@H](c4ccccc4)CN4O[C@H](c5ccccc5)C[C@@H]34)CC2)cc1. The molecule has 0 spiro atoms. The first-order chi connectivity index (χ1) is 17.8.